The van der Waals surface area contributed by atoms with E-state index >= 15 is 0 Å². The van der Waals surface area contributed by atoms with E-state index in [4.69, 9.17) is 4.74 Å². The molecule has 6 heteroatoms. The van der Waals surface area contributed by atoms with Crippen molar-refractivity contribution in [3.8, 4) is 0 Å². The summed E-state index contributed by atoms with van der Waals surface area (Å²) in [6.45, 7) is 3.20. The number of ether oxygens (including phenoxy) is 1. The lowest BCUT2D eigenvalue weighted by molar-refractivity contribution is -0.142. The molecule has 4 rings (SSSR count). The second-order valence-electron chi connectivity index (χ2n) is 6.83. The van der Waals surface area contributed by atoms with Crippen LogP contribution in [0.25, 0.3) is 0 Å². The van der Waals surface area contributed by atoms with Crippen LogP contribution in [0, 0.1) is 0 Å². The van der Waals surface area contributed by atoms with Crippen LogP contribution in [0.5, 0.6) is 0 Å². The molecule has 26 heavy (non-hydrogen) atoms. The maximum atomic E-state index is 13.2. The Hall–Kier alpha value is -2.08. The Bertz CT molecular complexity index is 887. The molecule has 0 atom stereocenters. The van der Waals surface area contributed by atoms with Crippen LogP contribution < -0.4 is 4.90 Å². The minimum Gasteiger partial charge on any atom is -0.461 e. The van der Waals surface area contributed by atoms with Crippen molar-refractivity contribution in [2.75, 3.05) is 11.4 Å². The summed E-state index contributed by atoms with van der Waals surface area (Å²) in [5.41, 5.74) is 4.92. The average molecular weight is 417 g/mol. The summed E-state index contributed by atoms with van der Waals surface area (Å²) in [4.78, 5) is 26.3. The molecule has 0 radical (unpaired) electrons. The zero-order chi connectivity index (χ0) is 18.3. The van der Waals surface area contributed by atoms with Gasteiger partial charge in [-0.05, 0) is 37.5 Å². The van der Waals surface area contributed by atoms with Crippen molar-refractivity contribution in [1.82, 2.24) is 4.57 Å². The third kappa shape index (κ3) is 2.96. The van der Waals surface area contributed by atoms with Crippen LogP contribution in [0.4, 0.5) is 5.69 Å². The molecule has 2 aliphatic rings. The second kappa shape index (κ2) is 6.91. The average Bonchev–Trinajstić information content (AvgIpc) is 3.01. The summed E-state index contributed by atoms with van der Waals surface area (Å²) in [7, 11) is 0. The van der Waals surface area contributed by atoms with E-state index in [1.807, 2.05) is 23.1 Å². The van der Waals surface area contributed by atoms with Gasteiger partial charge in [-0.25, -0.2) is 0 Å². The molecule has 0 aliphatic carbocycles. The van der Waals surface area contributed by atoms with Crippen molar-refractivity contribution in [3.63, 3.8) is 0 Å². The zero-order valence-electron chi connectivity index (χ0n) is 14.8. The molecule has 0 spiro atoms. The normalized spacial score (nSPS) is 16.2. The molecular formula is C20H21BrN2O3. The molecule has 136 valence electrons. The predicted octanol–water partition coefficient (Wildman–Crippen LogP) is 3.85. The van der Waals surface area contributed by atoms with Crippen LogP contribution in [-0.2, 0) is 35.5 Å². The van der Waals surface area contributed by atoms with Crippen molar-refractivity contribution in [3.05, 3.63) is 51.3 Å². The first-order valence-electron chi connectivity index (χ1n) is 9.00. The number of carbonyl (C=O) groups excluding carboxylic acids is 2. The summed E-state index contributed by atoms with van der Waals surface area (Å²) in [6.07, 6.45) is 4.28. The first-order chi connectivity index (χ1) is 12.6. The number of rotatable bonds is 3. The Labute approximate surface area is 161 Å². The van der Waals surface area contributed by atoms with Gasteiger partial charge < -0.3 is 14.2 Å². The molecule has 2 aromatic rings. The molecule has 0 N–H and O–H groups in total. The first kappa shape index (κ1) is 17.3. The maximum Gasteiger partial charge on any atom is 0.302 e. The van der Waals surface area contributed by atoms with Crippen molar-refractivity contribution in [2.45, 2.75) is 45.8 Å². The molecule has 0 saturated carbocycles. The Morgan fingerprint density at radius 2 is 2.08 bits per heavy atom. The number of benzene rings is 1. The van der Waals surface area contributed by atoms with Crippen LogP contribution in [0.2, 0.25) is 0 Å². The molecule has 0 saturated heterocycles. The Kier molecular flexibility index (Phi) is 4.61. The van der Waals surface area contributed by atoms with Crippen LogP contribution >= 0.6 is 15.9 Å². The van der Waals surface area contributed by atoms with Gasteiger partial charge in [0.15, 0.2) is 0 Å². The minimum atomic E-state index is -0.334. The predicted molar refractivity (Wildman–Crippen MR) is 102 cm³/mol. The van der Waals surface area contributed by atoms with Gasteiger partial charge in [-0.1, -0.05) is 22.0 Å². The molecule has 0 fully saturated rings. The van der Waals surface area contributed by atoms with E-state index in [2.05, 4.69) is 26.6 Å². The molecule has 1 aromatic carbocycles. The van der Waals surface area contributed by atoms with Gasteiger partial charge in [0.25, 0.3) is 5.91 Å². The van der Waals surface area contributed by atoms with Crippen LogP contribution in [0.15, 0.2) is 28.7 Å². The lowest BCUT2D eigenvalue weighted by atomic mass is 10.0. The van der Waals surface area contributed by atoms with Gasteiger partial charge in [0.05, 0.1) is 11.3 Å². The number of nitrogens with zero attached hydrogens (tertiary/aromatic N) is 2. The highest BCUT2D eigenvalue weighted by molar-refractivity contribution is 9.10. The fourth-order valence-electron chi connectivity index (χ4n) is 3.97. The molecule has 1 aromatic heterocycles. The molecule has 3 heterocycles. The topological polar surface area (TPSA) is 51.5 Å². The largest absolute Gasteiger partial charge is 0.461 e. The monoisotopic (exact) mass is 416 g/mol. The third-order valence-electron chi connectivity index (χ3n) is 5.21. The smallest absolute Gasteiger partial charge is 0.302 e. The van der Waals surface area contributed by atoms with Gasteiger partial charge in [-0.2, -0.15) is 0 Å². The standard InChI is InChI=1S/C20H21BrN2O3/c1-13(24)26-12-16-17(21)6-4-7-18(16)23-10-8-19-15(20(23)25)11-14-5-2-3-9-22(14)19/h4,6-7,11H,2-3,5,8-10,12H2,1H3. The van der Waals surface area contributed by atoms with Gasteiger partial charge >= 0.3 is 5.97 Å². The quantitative estimate of drug-likeness (QED) is 0.713. The van der Waals surface area contributed by atoms with Gasteiger partial charge in [0.2, 0.25) is 0 Å². The Morgan fingerprint density at radius 1 is 1.23 bits per heavy atom. The summed E-state index contributed by atoms with van der Waals surface area (Å²) in [5, 5.41) is 0. The van der Waals surface area contributed by atoms with Gasteiger partial charge in [0.1, 0.15) is 6.61 Å². The van der Waals surface area contributed by atoms with E-state index in [1.54, 1.807) is 0 Å². The number of fused-ring (bicyclic) bond motifs is 3. The second-order valence-corrected chi connectivity index (χ2v) is 7.68. The SMILES string of the molecule is CC(=O)OCc1c(Br)cccc1N1CCc2c(cc3n2CCCC3)C1=O. The van der Waals surface area contributed by atoms with E-state index < -0.39 is 0 Å². The number of anilines is 1. The highest BCUT2D eigenvalue weighted by Crippen LogP contribution is 2.34. The fourth-order valence-corrected chi connectivity index (χ4v) is 4.44. The van der Waals surface area contributed by atoms with Gasteiger partial charge in [-0.15, -0.1) is 0 Å². The van der Waals surface area contributed by atoms with E-state index in [0.29, 0.717) is 6.54 Å². The molecule has 1 amide bonds. The Morgan fingerprint density at radius 3 is 2.88 bits per heavy atom. The van der Waals surface area contributed by atoms with Gasteiger partial charge in [-0.3, -0.25) is 9.59 Å². The molecule has 2 aliphatic heterocycles. The van der Waals surface area contributed by atoms with Crippen LogP contribution in [-0.4, -0.2) is 23.0 Å². The summed E-state index contributed by atoms with van der Waals surface area (Å²) >= 11 is 3.53. The fraction of sp³-hybridized carbons (Fsp3) is 0.400. The first-order valence-corrected chi connectivity index (χ1v) is 9.79. The number of amides is 1. The summed E-state index contributed by atoms with van der Waals surface area (Å²) < 4.78 is 8.38. The third-order valence-corrected chi connectivity index (χ3v) is 5.95. The number of hydrogen-bond acceptors (Lipinski definition) is 3. The highest BCUT2D eigenvalue weighted by Gasteiger charge is 2.31. The number of aromatic nitrogens is 1. The van der Waals surface area contributed by atoms with E-state index in [1.165, 1.54) is 31.2 Å². The van der Waals surface area contributed by atoms with Crippen molar-refractivity contribution >= 4 is 33.5 Å². The number of carbonyl (C=O) groups is 2. The Balaban J connectivity index is 1.70. The van der Waals surface area contributed by atoms with Crippen molar-refractivity contribution < 1.29 is 14.3 Å². The van der Waals surface area contributed by atoms with E-state index in [9.17, 15) is 9.59 Å². The highest BCUT2D eigenvalue weighted by atomic mass is 79.9. The lowest BCUT2D eigenvalue weighted by Crippen LogP contribution is -2.38. The molecule has 0 bridgehead atoms. The number of hydrogen-bond donors (Lipinski definition) is 0. The van der Waals surface area contributed by atoms with Crippen LogP contribution in [0.3, 0.4) is 0 Å². The number of aryl methyl sites for hydroxylation is 1. The number of esters is 1. The molecular weight excluding hydrogens is 396 g/mol. The molecule has 0 unspecified atom stereocenters. The maximum absolute atomic E-state index is 13.2. The number of halogens is 1. The molecule has 5 nitrogen and oxygen atoms in total. The summed E-state index contributed by atoms with van der Waals surface area (Å²) in [6, 6.07) is 7.80. The zero-order valence-corrected chi connectivity index (χ0v) is 16.3. The van der Waals surface area contributed by atoms with E-state index in [0.717, 1.165) is 40.7 Å². The van der Waals surface area contributed by atoms with E-state index in [-0.39, 0.29) is 18.5 Å². The lowest BCUT2D eigenvalue weighted by Gasteiger charge is -2.30. The van der Waals surface area contributed by atoms with Crippen molar-refractivity contribution in [2.24, 2.45) is 0 Å². The van der Waals surface area contributed by atoms with Crippen LogP contribution in [0.1, 0.15) is 47.1 Å². The summed E-state index contributed by atoms with van der Waals surface area (Å²) in [5.74, 6) is -0.297. The van der Waals surface area contributed by atoms with Crippen molar-refractivity contribution in [1.29, 1.82) is 0 Å². The van der Waals surface area contributed by atoms with Gasteiger partial charge in [0, 0.05) is 47.9 Å². The minimum absolute atomic E-state index is 0.0373.